The molecule has 1 heterocycles. The quantitative estimate of drug-likeness (QED) is 0.563. The van der Waals surface area contributed by atoms with Crippen LogP contribution in [0.1, 0.15) is 32.6 Å². The molecule has 2 fully saturated rings. The van der Waals surface area contributed by atoms with E-state index in [9.17, 15) is 13.2 Å². The average Bonchev–Trinajstić information content (AvgIpc) is 2.47. The first-order chi connectivity index (χ1) is 10.8. The number of carbonyl (C=O) groups is 1. The van der Waals surface area contributed by atoms with Crippen molar-refractivity contribution in [2.75, 3.05) is 38.6 Å². The van der Waals surface area contributed by atoms with E-state index in [4.69, 9.17) is 14.0 Å². The third-order valence-corrected chi connectivity index (χ3v) is 5.39. The maximum absolute atomic E-state index is 12.3. The fourth-order valence-corrected chi connectivity index (χ4v) is 3.83. The van der Waals surface area contributed by atoms with Gasteiger partial charge in [0.05, 0.1) is 19.1 Å². The predicted molar refractivity (Wildman–Crippen MR) is 84.7 cm³/mol. The Morgan fingerprint density at radius 2 is 1.87 bits per heavy atom. The topological polar surface area (TPSA) is 93.1 Å². The van der Waals surface area contributed by atoms with Gasteiger partial charge in [-0.2, -0.15) is 8.42 Å². The van der Waals surface area contributed by atoms with Crippen LogP contribution < -0.4 is 0 Å². The maximum Gasteiger partial charge on any atom is 0.309 e. The first kappa shape index (κ1) is 18.6. The van der Waals surface area contributed by atoms with E-state index in [0.717, 1.165) is 25.7 Å². The number of morpholine rings is 1. The molecule has 1 atom stereocenters. The minimum Gasteiger partial charge on any atom is -0.460 e. The molecule has 2 aliphatic rings. The summed E-state index contributed by atoms with van der Waals surface area (Å²) >= 11 is 0. The molecule has 23 heavy (non-hydrogen) atoms. The highest BCUT2D eigenvalue weighted by molar-refractivity contribution is 7.85. The number of hydrogen-bond acceptors (Lipinski definition) is 6. The monoisotopic (exact) mass is 349 g/mol. The van der Waals surface area contributed by atoms with Crippen LogP contribution >= 0.6 is 0 Å². The molecule has 1 aliphatic carbocycles. The molecule has 0 aromatic carbocycles. The molecule has 7 nitrogen and oxygen atoms in total. The van der Waals surface area contributed by atoms with E-state index >= 15 is 0 Å². The lowest BCUT2D eigenvalue weighted by atomic mass is 9.83. The Kier molecular flexibility index (Phi) is 6.82. The van der Waals surface area contributed by atoms with Gasteiger partial charge in [0, 0.05) is 19.6 Å². The molecule has 1 saturated carbocycles. The zero-order chi connectivity index (χ0) is 16.9. The van der Waals surface area contributed by atoms with Crippen molar-refractivity contribution in [3.8, 4) is 0 Å². The predicted octanol–water partition coefficient (Wildman–Crippen LogP) is 0.945. The lowest BCUT2D eigenvalue weighted by Gasteiger charge is -2.31. The Morgan fingerprint density at radius 3 is 2.43 bits per heavy atom. The van der Waals surface area contributed by atoms with Crippen molar-refractivity contribution < 1.29 is 27.2 Å². The van der Waals surface area contributed by atoms with Gasteiger partial charge in [-0.25, -0.2) is 0 Å². The van der Waals surface area contributed by atoms with Gasteiger partial charge in [-0.15, -0.1) is 0 Å². The van der Waals surface area contributed by atoms with E-state index in [1.807, 2.05) is 4.90 Å². The summed E-state index contributed by atoms with van der Waals surface area (Å²) in [5.41, 5.74) is 0. The third-order valence-electron chi connectivity index (χ3n) is 4.59. The summed E-state index contributed by atoms with van der Waals surface area (Å²) in [5, 5.41) is 0. The summed E-state index contributed by atoms with van der Waals surface area (Å²) in [6.45, 7) is 4.96. The first-order valence-electron chi connectivity index (χ1n) is 8.29. The molecule has 1 N–H and O–H groups in total. The Labute approximate surface area is 138 Å². The first-order valence-corrected chi connectivity index (χ1v) is 9.90. The Hall–Kier alpha value is -0.700. The Morgan fingerprint density at radius 1 is 1.26 bits per heavy atom. The van der Waals surface area contributed by atoms with Crippen LogP contribution in [0.5, 0.6) is 0 Å². The van der Waals surface area contributed by atoms with Crippen molar-refractivity contribution in [2.24, 2.45) is 11.8 Å². The molecule has 0 bridgehead atoms. The normalized spacial score (nSPS) is 28.3. The molecule has 0 spiro atoms. The van der Waals surface area contributed by atoms with Crippen molar-refractivity contribution in [1.82, 2.24) is 4.90 Å². The fraction of sp³-hybridized carbons (Fsp3) is 0.933. The molecular weight excluding hydrogens is 322 g/mol. The zero-order valence-corrected chi connectivity index (χ0v) is 14.5. The summed E-state index contributed by atoms with van der Waals surface area (Å²) in [4.78, 5) is 14.3. The molecule has 1 saturated heterocycles. The van der Waals surface area contributed by atoms with Crippen LogP contribution in [-0.4, -0.2) is 68.5 Å². The van der Waals surface area contributed by atoms with Crippen LogP contribution in [0.4, 0.5) is 0 Å². The largest absolute Gasteiger partial charge is 0.460 e. The van der Waals surface area contributed by atoms with Crippen LogP contribution in [-0.2, 0) is 24.4 Å². The molecule has 0 radical (unpaired) electrons. The van der Waals surface area contributed by atoms with Crippen molar-refractivity contribution in [2.45, 2.75) is 38.7 Å². The van der Waals surface area contributed by atoms with Crippen molar-refractivity contribution in [3.63, 3.8) is 0 Å². The molecule has 0 amide bonds. The second-order valence-corrected chi connectivity index (χ2v) is 8.17. The smallest absolute Gasteiger partial charge is 0.309 e. The minimum absolute atomic E-state index is 0.153. The van der Waals surface area contributed by atoms with Crippen LogP contribution in [0, 0.1) is 11.8 Å². The van der Waals surface area contributed by atoms with Gasteiger partial charge in [-0.3, -0.25) is 14.2 Å². The van der Waals surface area contributed by atoms with Gasteiger partial charge in [-0.1, -0.05) is 6.92 Å². The highest BCUT2D eigenvalue weighted by Crippen LogP contribution is 2.29. The Bertz CT molecular complexity index is 480. The van der Waals surface area contributed by atoms with Crippen LogP contribution in [0.15, 0.2) is 0 Å². The molecule has 0 aromatic rings. The third kappa shape index (κ3) is 6.74. The van der Waals surface area contributed by atoms with Gasteiger partial charge in [0.15, 0.2) is 0 Å². The van der Waals surface area contributed by atoms with Crippen molar-refractivity contribution in [1.29, 1.82) is 0 Å². The van der Waals surface area contributed by atoms with Gasteiger partial charge in [0.2, 0.25) is 0 Å². The highest BCUT2D eigenvalue weighted by atomic mass is 32.2. The van der Waals surface area contributed by atoms with Crippen LogP contribution in [0.2, 0.25) is 0 Å². The second kappa shape index (κ2) is 8.41. The zero-order valence-electron chi connectivity index (χ0n) is 13.6. The summed E-state index contributed by atoms with van der Waals surface area (Å²) < 4.78 is 42.2. The SMILES string of the molecule is CC1CCC(C(=O)OC(CN2CCOCC2)CS(=O)(=O)O)CC1. The molecule has 2 rings (SSSR count). The number of rotatable bonds is 6. The molecular formula is C15H27NO6S. The number of nitrogens with zero attached hydrogens (tertiary/aromatic N) is 1. The fourth-order valence-electron chi connectivity index (χ4n) is 3.19. The lowest BCUT2D eigenvalue weighted by molar-refractivity contribution is -0.155. The number of hydrogen-bond donors (Lipinski definition) is 1. The molecule has 0 aromatic heterocycles. The van der Waals surface area contributed by atoms with Crippen molar-refractivity contribution >= 4 is 16.1 Å². The van der Waals surface area contributed by atoms with Crippen LogP contribution in [0.3, 0.4) is 0 Å². The van der Waals surface area contributed by atoms with E-state index in [-0.39, 0.29) is 11.9 Å². The van der Waals surface area contributed by atoms with E-state index in [0.29, 0.717) is 38.8 Å². The number of esters is 1. The summed E-state index contributed by atoms with van der Waals surface area (Å²) in [6.07, 6.45) is 2.72. The maximum atomic E-state index is 12.3. The van der Waals surface area contributed by atoms with Gasteiger partial charge < -0.3 is 9.47 Å². The summed E-state index contributed by atoms with van der Waals surface area (Å²) in [5.74, 6) is -0.418. The standard InChI is InChI=1S/C15H27NO6S/c1-12-2-4-13(5-3-12)15(17)22-14(11-23(18,19)20)10-16-6-8-21-9-7-16/h12-14H,2-11H2,1H3,(H,18,19,20). The highest BCUT2D eigenvalue weighted by Gasteiger charge is 2.30. The molecule has 1 aliphatic heterocycles. The van der Waals surface area contributed by atoms with Gasteiger partial charge in [0.25, 0.3) is 10.1 Å². The molecule has 134 valence electrons. The van der Waals surface area contributed by atoms with Crippen molar-refractivity contribution in [3.05, 3.63) is 0 Å². The van der Waals surface area contributed by atoms with Crippen LogP contribution in [0.25, 0.3) is 0 Å². The van der Waals surface area contributed by atoms with E-state index in [2.05, 4.69) is 6.92 Å². The van der Waals surface area contributed by atoms with E-state index in [1.54, 1.807) is 0 Å². The molecule has 1 unspecified atom stereocenters. The number of ether oxygens (including phenoxy) is 2. The summed E-state index contributed by atoms with van der Waals surface area (Å²) in [6, 6.07) is 0. The van der Waals surface area contributed by atoms with Gasteiger partial charge in [-0.05, 0) is 31.6 Å². The molecule has 8 heteroatoms. The Balaban J connectivity index is 1.91. The summed E-state index contributed by atoms with van der Waals surface area (Å²) in [7, 11) is -4.19. The van der Waals surface area contributed by atoms with Gasteiger partial charge in [0.1, 0.15) is 11.9 Å². The second-order valence-electron chi connectivity index (χ2n) is 6.68. The number of carbonyl (C=O) groups excluding carboxylic acids is 1. The van der Waals surface area contributed by atoms with Gasteiger partial charge >= 0.3 is 5.97 Å². The van der Waals surface area contributed by atoms with E-state index in [1.165, 1.54) is 0 Å². The van der Waals surface area contributed by atoms with E-state index < -0.39 is 22.0 Å². The average molecular weight is 349 g/mol. The minimum atomic E-state index is -4.19. The lowest BCUT2D eigenvalue weighted by Crippen LogP contribution is -2.45.